The Bertz CT molecular complexity index is 1110. The van der Waals surface area contributed by atoms with Crippen molar-refractivity contribution in [3.8, 4) is 5.75 Å². The highest BCUT2D eigenvalue weighted by atomic mass is 35.5. The third-order valence-corrected chi connectivity index (χ3v) is 6.61. The van der Waals surface area contributed by atoms with Gasteiger partial charge >= 0.3 is 0 Å². The molecule has 2 aromatic carbocycles. The van der Waals surface area contributed by atoms with Crippen LogP contribution in [0.5, 0.6) is 5.75 Å². The number of nitrogens with one attached hydrogen (secondary N) is 2. The van der Waals surface area contributed by atoms with E-state index in [1.54, 1.807) is 30.3 Å². The minimum absolute atomic E-state index is 0.0184. The van der Waals surface area contributed by atoms with Crippen LogP contribution >= 0.6 is 34.7 Å². The molecule has 32 heavy (non-hydrogen) atoms. The van der Waals surface area contributed by atoms with E-state index in [4.69, 9.17) is 16.3 Å². The van der Waals surface area contributed by atoms with Gasteiger partial charge in [-0.2, -0.15) is 0 Å². The van der Waals surface area contributed by atoms with Gasteiger partial charge in [-0.1, -0.05) is 67.6 Å². The Hall–Kier alpha value is -2.62. The molecule has 0 aliphatic heterocycles. The Kier molecular flexibility index (Phi) is 7.76. The van der Waals surface area contributed by atoms with Gasteiger partial charge in [0.25, 0.3) is 5.91 Å². The van der Waals surface area contributed by atoms with E-state index in [0.717, 1.165) is 5.56 Å². The van der Waals surface area contributed by atoms with Gasteiger partial charge in [0, 0.05) is 10.6 Å². The van der Waals surface area contributed by atoms with Crippen LogP contribution in [0.4, 0.5) is 10.8 Å². The molecule has 2 N–H and O–H groups in total. The molecule has 1 heterocycles. The third kappa shape index (κ3) is 6.44. The van der Waals surface area contributed by atoms with Gasteiger partial charge in [-0.25, -0.2) is 0 Å². The zero-order valence-corrected chi connectivity index (χ0v) is 20.5. The SMILES string of the molecule is COc1ccc(Cl)cc1NC(=O)CSc1nnc(NC(=O)c2ccc(C(C)(C)C)cc2)s1. The van der Waals surface area contributed by atoms with Crippen LogP contribution in [0, 0.1) is 0 Å². The van der Waals surface area contributed by atoms with Gasteiger partial charge in [0.2, 0.25) is 11.0 Å². The highest BCUT2D eigenvalue weighted by molar-refractivity contribution is 8.01. The zero-order chi connectivity index (χ0) is 23.3. The number of amides is 2. The first-order chi connectivity index (χ1) is 15.2. The van der Waals surface area contributed by atoms with Crippen LogP contribution in [0.15, 0.2) is 46.8 Å². The first kappa shape index (κ1) is 24.0. The van der Waals surface area contributed by atoms with Crippen LogP contribution in [-0.4, -0.2) is 34.9 Å². The molecule has 0 saturated carbocycles. The van der Waals surface area contributed by atoms with Crippen molar-refractivity contribution in [3.05, 3.63) is 58.6 Å². The minimum atomic E-state index is -0.260. The van der Waals surface area contributed by atoms with Crippen LogP contribution in [0.25, 0.3) is 0 Å². The van der Waals surface area contributed by atoms with E-state index in [-0.39, 0.29) is 23.0 Å². The molecule has 10 heteroatoms. The average molecular weight is 491 g/mol. The lowest BCUT2D eigenvalue weighted by molar-refractivity contribution is -0.113. The number of aromatic nitrogens is 2. The number of carbonyl (C=O) groups excluding carboxylic acids is 2. The number of rotatable bonds is 7. The first-order valence-corrected chi connectivity index (χ1v) is 11.9. The maximum atomic E-state index is 12.5. The van der Waals surface area contributed by atoms with E-state index in [2.05, 4.69) is 41.6 Å². The van der Waals surface area contributed by atoms with Crippen LogP contribution < -0.4 is 15.4 Å². The van der Waals surface area contributed by atoms with Gasteiger partial charge in [-0.05, 0) is 41.3 Å². The summed E-state index contributed by atoms with van der Waals surface area (Å²) in [6.07, 6.45) is 0. The van der Waals surface area contributed by atoms with Crippen molar-refractivity contribution in [3.63, 3.8) is 0 Å². The summed E-state index contributed by atoms with van der Waals surface area (Å²) in [6, 6.07) is 12.5. The molecule has 3 aromatic rings. The Balaban J connectivity index is 1.54. The predicted molar refractivity (Wildman–Crippen MR) is 130 cm³/mol. The van der Waals surface area contributed by atoms with Gasteiger partial charge in [0.05, 0.1) is 18.6 Å². The van der Waals surface area contributed by atoms with Crippen molar-refractivity contribution >= 4 is 57.3 Å². The molecule has 0 unspecified atom stereocenters. The topological polar surface area (TPSA) is 93.2 Å². The van der Waals surface area contributed by atoms with Crippen LogP contribution in [-0.2, 0) is 10.2 Å². The zero-order valence-electron chi connectivity index (χ0n) is 18.1. The smallest absolute Gasteiger partial charge is 0.257 e. The molecule has 3 rings (SSSR count). The molecule has 0 spiro atoms. The summed E-state index contributed by atoms with van der Waals surface area (Å²) in [5.41, 5.74) is 2.20. The quantitative estimate of drug-likeness (QED) is 0.336. The molecular weight excluding hydrogens is 468 g/mol. The Morgan fingerprint density at radius 3 is 2.47 bits per heavy atom. The highest BCUT2D eigenvalue weighted by Crippen LogP contribution is 2.29. The number of nitrogens with zero attached hydrogens (tertiary/aromatic N) is 2. The number of hydrogen-bond donors (Lipinski definition) is 2. The molecule has 0 saturated heterocycles. The second-order valence-corrected chi connectivity index (χ2v) is 10.5. The number of carbonyl (C=O) groups is 2. The standard InChI is InChI=1S/C22H23ClN4O3S2/c1-22(2,3)14-7-5-13(6-8-14)19(29)25-20-26-27-21(32-20)31-12-18(28)24-16-11-15(23)9-10-17(16)30-4/h5-11H,12H2,1-4H3,(H,24,28)(H,25,26,29). The molecule has 0 aliphatic carbocycles. The van der Waals surface area contributed by atoms with E-state index in [1.807, 2.05) is 12.1 Å². The summed E-state index contributed by atoms with van der Waals surface area (Å²) in [6.45, 7) is 6.36. The predicted octanol–water partition coefficient (Wildman–Crippen LogP) is 5.48. The fourth-order valence-corrected chi connectivity index (χ4v) is 4.42. The molecular formula is C22H23ClN4O3S2. The number of hydrogen-bond acceptors (Lipinski definition) is 7. The van der Waals surface area contributed by atoms with Crippen molar-refractivity contribution in [1.82, 2.24) is 10.2 Å². The van der Waals surface area contributed by atoms with E-state index < -0.39 is 0 Å². The molecule has 1 aromatic heterocycles. The van der Waals surface area contributed by atoms with Gasteiger partial charge in [-0.3, -0.25) is 14.9 Å². The Morgan fingerprint density at radius 1 is 1.09 bits per heavy atom. The lowest BCUT2D eigenvalue weighted by atomic mass is 9.87. The van der Waals surface area contributed by atoms with E-state index >= 15 is 0 Å². The molecule has 0 aliphatic rings. The summed E-state index contributed by atoms with van der Waals surface area (Å²) in [5.74, 6) is 0.135. The molecule has 0 atom stereocenters. The van der Waals surface area contributed by atoms with Crippen LogP contribution in [0.2, 0.25) is 5.02 Å². The monoisotopic (exact) mass is 490 g/mol. The molecule has 0 radical (unpaired) electrons. The minimum Gasteiger partial charge on any atom is -0.495 e. The lowest BCUT2D eigenvalue weighted by Crippen LogP contribution is -2.14. The summed E-state index contributed by atoms with van der Waals surface area (Å²) in [5, 5.41) is 14.4. The molecule has 7 nitrogen and oxygen atoms in total. The number of anilines is 2. The van der Waals surface area contributed by atoms with Crippen LogP contribution in [0.1, 0.15) is 36.7 Å². The summed E-state index contributed by atoms with van der Waals surface area (Å²) >= 11 is 8.41. The normalized spacial score (nSPS) is 11.2. The van der Waals surface area contributed by atoms with E-state index in [0.29, 0.717) is 31.5 Å². The second-order valence-electron chi connectivity index (χ2n) is 7.84. The lowest BCUT2D eigenvalue weighted by Gasteiger charge is -2.18. The summed E-state index contributed by atoms with van der Waals surface area (Å²) in [7, 11) is 1.52. The van der Waals surface area contributed by atoms with Crippen molar-refractivity contribution < 1.29 is 14.3 Å². The maximum Gasteiger partial charge on any atom is 0.257 e. The average Bonchev–Trinajstić information content (AvgIpc) is 3.19. The van der Waals surface area contributed by atoms with Crippen LogP contribution in [0.3, 0.4) is 0 Å². The molecule has 168 valence electrons. The van der Waals surface area contributed by atoms with Gasteiger partial charge < -0.3 is 10.1 Å². The molecule has 0 fully saturated rings. The van der Waals surface area contributed by atoms with Gasteiger partial charge in [-0.15, -0.1) is 10.2 Å². The molecule has 2 amide bonds. The van der Waals surface area contributed by atoms with E-state index in [9.17, 15) is 9.59 Å². The van der Waals surface area contributed by atoms with Crippen molar-refractivity contribution in [1.29, 1.82) is 0 Å². The molecule has 0 bridgehead atoms. The van der Waals surface area contributed by atoms with Gasteiger partial charge in [0.15, 0.2) is 4.34 Å². The number of ether oxygens (including phenoxy) is 1. The second kappa shape index (κ2) is 10.3. The third-order valence-electron chi connectivity index (χ3n) is 4.40. The maximum absolute atomic E-state index is 12.5. The summed E-state index contributed by atoms with van der Waals surface area (Å²) in [4.78, 5) is 24.8. The number of benzene rings is 2. The van der Waals surface area contributed by atoms with Gasteiger partial charge in [0.1, 0.15) is 5.75 Å². The number of halogens is 1. The number of thioether (sulfide) groups is 1. The fraction of sp³-hybridized carbons (Fsp3) is 0.273. The summed E-state index contributed by atoms with van der Waals surface area (Å²) < 4.78 is 5.79. The van der Waals surface area contributed by atoms with E-state index in [1.165, 1.54) is 30.2 Å². The fourth-order valence-electron chi connectivity index (χ4n) is 2.70. The Morgan fingerprint density at radius 2 is 1.81 bits per heavy atom. The Labute approximate surface area is 199 Å². The highest BCUT2D eigenvalue weighted by Gasteiger charge is 2.16. The van der Waals surface area contributed by atoms with Crippen molar-refractivity contribution in [2.75, 3.05) is 23.5 Å². The van der Waals surface area contributed by atoms with Crippen molar-refractivity contribution in [2.24, 2.45) is 0 Å². The largest absolute Gasteiger partial charge is 0.495 e. The van der Waals surface area contributed by atoms with Crippen molar-refractivity contribution in [2.45, 2.75) is 30.5 Å². The number of methoxy groups -OCH3 is 1. The first-order valence-electron chi connectivity index (χ1n) is 9.67.